The predicted octanol–water partition coefficient (Wildman–Crippen LogP) is 4.97. The SMILES string of the molecule is CCOC(=O)C1=CN(C(=O)C(C)(C)Oc2ccc(Cl)cc2)CCc2c1[nH]c1ccccc21. The number of hydrogen-bond donors (Lipinski definition) is 1. The van der Waals surface area contributed by atoms with E-state index in [2.05, 4.69) is 4.98 Å². The Morgan fingerprint density at radius 3 is 2.56 bits per heavy atom. The van der Waals surface area contributed by atoms with Crippen LogP contribution in [0.5, 0.6) is 5.75 Å². The normalized spacial score (nSPS) is 13.9. The van der Waals surface area contributed by atoms with Crippen LogP contribution in [0.1, 0.15) is 32.0 Å². The molecule has 1 amide bonds. The summed E-state index contributed by atoms with van der Waals surface area (Å²) in [7, 11) is 0. The molecule has 1 aliphatic rings. The molecular weight excluding hydrogens is 428 g/mol. The summed E-state index contributed by atoms with van der Waals surface area (Å²) >= 11 is 5.95. The maximum Gasteiger partial charge on any atom is 0.341 e. The topological polar surface area (TPSA) is 71.6 Å². The summed E-state index contributed by atoms with van der Waals surface area (Å²) in [6, 6.07) is 14.7. The van der Waals surface area contributed by atoms with Gasteiger partial charge in [0.15, 0.2) is 5.60 Å². The van der Waals surface area contributed by atoms with Gasteiger partial charge in [-0.3, -0.25) is 4.79 Å². The monoisotopic (exact) mass is 452 g/mol. The molecule has 2 heterocycles. The van der Waals surface area contributed by atoms with Gasteiger partial charge in [-0.05, 0) is 63.1 Å². The van der Waals surface area contributed by atoms with Crippen LogP contribution in [0.25, 0.3) is 16.5 Å². The fourth-order valence-electron chi connectivity index (χ4n) is 3.92. The number of para-hydroxylation sites is 1. The van der Waals surface area contributed by atoms with E-state index in [-0.39, 0.29) is 12.5 Å². The molecule has 0 saturated heterocycles. The summed E-state index contributed by atoms with van der Waals surface area (Å²) in [6.45, 7) is 5.82. The molecule has 0 fully saturated rings. The highest BCUT2D eigenvalue weighted by atomic mass is 35.5. The summed E-state index contributed by atoms with van der Waals surface area (Å²) in [5, 5.41) is 1.62. The van der Waals surface area contributed by atoms with E-state index in [1.54, 1.807) is 56.1 Å². The Balaban J connectivity index is 1.69. The standard InChI is InChI=1S/C25H25ClN2O4/c1-4-31-23(29)20-15-28(14-13-19-18-7-5-6-8-21(18)27-22(19)20)24(30)25(2,3)32-17-11-9-16(26)10-12-17/h5-12,15,27H,4,13-14H2,1-3H3. The van der Waals surface area contributed by atoms with Crippen molar-refractivity contribution in [1.82, 2.24) is 9.88 Å². The maximum absolute atomic E-state index is 13.5. The molecule has 0 unspecified atom stereocenters. The fourth-order valence-corrected chi connectivity index (χ4v) is 4.04. The van der Waals surface area contributed by atoms with Crippen LogP contribution in [0.3, 0.4) is 0 Å². The molecule has 0 atom stereocenters. The molecule has 0 spiro atoms. The number of fused-ring (bicyclic) bond motifs is 3. The van der Waals surface area contributed by atoms with Gasteiger partial charge < -0.3 is 19.4 Å². The predicted molar refractivity (Wildman–Crippen MR) is 124 cm³/mol. The van der Waals surface area contributed by atoms with E-state index >= 15 is 0 Å². The van der Waals surface area contributed by atoms with Gasteiger partial charge in [-0.1, -0.05) is 29.8 Å². The summed E-state index contributed by atoms with van der Waals surface area (Å²) in [4.78, 5) is 31.2. The molecule has 4 rings (SSSR count). The Hall–Kier alpha value is -3.25. The van der Waals surface area contributed by atoms with Crippen molar-refractivity contribution < 1.29 is 19.1 Å². The van der Waals surface area contributed by atoms with E-state index in [1.165, 1.54) is 0 Å². The Bertz CT molecular complexity index is 1190. The first-order valence-corrected chi connectivity index (χ1v) is 10.9. The first-order chi connectivity index (χ1) is 15.3. The van der Waals surface area contributed by atoms with Crippen molar-refractivity contribution in [3.8, 4) is 5.75 Å². The van der Waals surface area contributed by atoms with Crippen molar-refractivity contribution in [3.63, 3.8) is 0 Å². The number of benzene rings is 2. The van der Waals surface area contributed by atoms with Gasteiger partial charge in [0.25, 0.3) is 5.91 Å². The molecule has 3 aromatic rings. The highest BCUT2D eigenvalue weighted by Crippen LogP contribution is 2.32. The third kappa shape index (κ3) is 4.23. The van der Waals surface area contributed by atoms with Gasteiger partial charge in [0.2, 0.25) is 0 Å². The number of halogens is 1. The quantitative estimate of drug-likeness (QED) is 0.555. The lowest BCUT2D eigenvalue weighted by atomic mass is 10.0. The minimum atomic E-state index is -1.16. The molecule has 0 saturated carbocycles. The van der Waals surface area contributed by atoms with E-state index < -0.39 is 11.6 Å². The highest BCUT2D eigenvalue weighted by molar-refractivity contribution is 6.30. The van der Waals surface area contributed by atoms with Gasteiger partial charge in [-0.15, -0.1) is 0 Å². The molecule has 0 aliphatic carbocycles. The average Bonchev–Trinajstić information content (AvgIpc) is 3.02. The van der Waals surface area contributed by atoms with E-state index in [0.717, 1.165) is 16.5 Å². The molecule has 0 bridgehead atoms. The van der Waals surface area contributed by atoms with Crippen molar-refractivity contribution in [1.29, 1.82) is 0 Å². The van der Waals surface area contributed by atoms with Crippen LogP contribution in [-0.4, -0.2) is 40.5 Å². The van der Waals surface area contributed by atoms with Gasteiger partial charge in [-0.2, -0.15) is 0 Å². The maximum atomic E-state index is 13.5. The van der Waals surface area contributed by atoms with E-state index in [1.807, 2.05) is 24.3 Å². The zero-order valence-corrected chi connectivity index (χ0v) is 19.0. The van der Waals surface area contributed by atoms with Crippen molar-refractivity contribution >= 4 is 40.0 Å². The molecule has 32 heavy (non-hydrogen) atoms. The molecular formula is C25H25ClN2O4. The second kappa shape index (κ2) is 8.71. The summed E-state index contributed by atoms with van der Waals surface area (Å²) in [5.74, 6) is -0.200. The van der Waals surface area contributed by atoms with Crippen LogP contribution in [0, 0.1) is 0 Å². The average molecular weight is 453 g/mol. The molecule has 166 valence electrons. The first kappa shape index (κ1) is 22.0. The van der Waals surface area contributed by atoms with Gasteiger partial charge in [0.05, 0.1) is 17.9 Å². The van der Waals surface area contributed by atoms with Crippen LogP contribution in [0.4, 0.5) is 0 Å². The number of hydrogen-bond acceptors (Lipinski definition) is 4. The molecule has 1 aromatic heterocycles. The molecule has 6 nitrogen and oxygen atoms in total. The van der Waals surface area contributed by atoms with Crippen molar-refractivity contribution in [3.05, 3.63) is 71.0 Å². The number of aromatic amines is 1. The van der Waals surface area contributed by atoms with Crippen molar-refractivity contribution in [2.24, 2.45) is 0 Å². The minimum absolute atomic E-state index is 0.241. The van der Waals surface area contributed by atoms with Gasteiger partial charge >= 0.3 is 5.97 Å². The Kier molecular flexibility index (Phi) is 5.98. The molecule has 7 heteroatoms. The minimum Gasteiger partial charge on any atom is -0.478 e. The zero-order chi connectivity index (χ0) is 22.9. The van der Waals surface area contributed by atoms with Crippen LogP contribution >= 0.6 is 11.6 Å². The summed E-state index contributed by atoms with van der Waals surface area (Å²) in [6.07, 6.45) is 2.16. The van der Waals surface area contributed by atoms with E-state index in [4.69, 9.17) is 21.1 Å². The fraction of sp³-hybridized carbons (Fsp3) is 0.280. The first-order valence-electron chi connectivity index (χ1n) is 10.5. The van der Waals surface area contributed by atoms with E-state index in [9.17, 15) is 9.59 Å². The lowest BCUT2D eigenvalue weighted by Gasteiger charge is -2.30. The Morgan fingerprint density at radius 2 is 1.84 bits per heavy atom. The van der Waals surface area contributed by atoms with Crippen molar-refractivity contribution in [2.75, 3.05) is 13.2 Å². The number of esters is 1. The zero-order valence-electron chi connectivity index (χ0n) is 18.3. The van der Waals surface area contributed by atoms with Crippen molar-refractivity contribution in [2.45, 2.75) is 32.8 Å². The summed E-state index contributed by atoms with van der Waals surface area (Å²) in [5.41, 5.74) is 1.79. The molecule has 1 N–H and O–H groups in total. The lowest BCUT2D eigenvalue weighted by Crippen LogP contribution is -2.47. The van der Waals surface area contributed by atoms with Crippen LogP contribution in [0.2, 0.25) is 5.02 Å². The number of rotatable bonds is 5. The second-order valence-corrected chi connectivity index (χ2v) is 8.54. The van der Waals surface area contributed by atoms with Crippen LogP contribution < -0.4 is 4.74 Å². The molecule has 1 aliphatic heterocycles. The van der Waals surface area contributed by atoms with Crippen LogP contribution in [0.15, 0.2) is 54.7 Å². The molecule has 0 radical (unpaired) electrons. The highest BCUT2D eigenvalue weighted by Gasteiger charge is 2.36. The number of ether oxygens (including phenoxy) is 2. The number of nitrogens with one attached hydrogen (secondary N) is 1. The smallest absolute Gasteiger partial charge is 0.341 e. The van der Waals surface area contributed by atoms with E-state index in [0.29, 0.717) is 35.0 Å². The second-order valence-electron chi connectivity index (χ2n) is 8.10. The third-order valence-electron chi connectivity index (χ3n) is 5.43. The summed E-state index contributed by atoms with van der Waals surface area (Å²) < 4.78 is 11.3. The number of H-pyrrole nitrogens is 1. The number of amides is 1. The molecule has 2 aromatic carbocycles. The Labute approximate surface area is 191 Å². The third-order valence-corrected chi connectivity index (χ3v) is 5.68. The lowest BCUT2D eigenvalue weighted by molar-refractivity contribution is -0.142. The van der Waals surface area contributed by atoms with Gasteiger partial charge in [0.1, 0.15) is 5.75 Å². The number of carbonyl (C=O) groups excluding carboxylic acids is 2. The number of carbonyl (C=O) groups is 2. The van der Waals surface area contributed by atoms with Gasteiger partial charge in [0, 0.05) is 28.7 Å². The Morgan fingerprint density at radius 1 is 1.12 bits per heavy atom. The number of nitrogens with zero attached hydrogens (tertiary/aromatic N) is 1. The van der Waals surface area contributed by atoms with Crippen LogP contribution in [-0.2, 0) is 20.7 Å². The number of aromatic nitrogens is 1. The van der Waals surface area contributed by atoms with Gasteiger partial charge in [-0.25, -0.2) is 4.79 Å². The largest absolute Gasteiger partial charge is 0.478 e.